The summed E-state index contributed by atoms with van der Waals surface area (Å²) < 4.78 is 47.7. The number of amides is 2. The van der Waals surface area contributed by atoms with Gasteiger partial charge in [-0.1, -0.05) is 30.3 Å². The zero-order chi connectivity index (χ0) is 42.6. The van der Waals surface area contributed by atoms with Gasteiger partial charge < -0.3 is 51.1 Å². The number of ether oxygens (including phenoxy) is 3. The molecule has 0 saturated carbocycles. The fourth-order valence-electron chi connectivity index (χ4n) is 4.99. The lowest BCUT2D eigenvalue weighted by Gasteiger charge is -2.21. The van der Waals surface area contributed by atoms with Gasteiger partial charge in [0.15, 0.2) is 34.2 Å². The Morgan fingerprint density at radius 2 is 1.15 bits per heavy atom. The van der Waals surface area contributed by atoms with E-state index < -0.39 is 53.5 Å². The Kier molecular flexibility index (Phi) is 11.0. The minimum atomic E-state index is -1.70. The first-order chi connectivity index (χ1) is 28.7. The van der Waals surface area contributed by atoms with Crippen molar-refractivity contribution in [2.24, 2.45) is 0 Å². The van der Waals surface area contributed by atoms with Crippen molar-refractivity contribution in [1.82, 2.24) is 40.5 Å². The third-order valence-electron chi connectivity index (χ3n) is 7.71. The molecule has 23 heteroatoms. The number of carbonyl (C=O) groups excluding carboxylic acids is 4. The van der Waals surface area contributed by atoms with Crippen LogP contribution in [0, 0.1) is 0 Å². The summed E-state index contributed by atoms with van der Waals surface area (Å²) >= 11 is 0. The van der Waals surface area contributed by atoms with Crippen LogP contribution in [0.2, 0.25) is 0 Å². The highest BCUT2D eigenvalue weighted by molar-refractivity contribution is 5.95. The van der Waals surface area contributed by atoms with Crippen molar-refractivity contribution in [2.45, 2.75) is 45.1 Å². The minimum absolute atomic E-state index is 0.00796. The molecule has 0 aliphatic rings. The largest absolute Gasteiger partial charge is 0.479 e. The maximum Gasteiger partial charge on any atom is 0.408 e. The first-order valence-electron chi connectivity index (χ1n) is 17.3. The van der Waals surface area contributed by atoms with Gasteiger partial charge in [0.25, 0.3) is 5.91 Å². The molecule has 0 saturated heterocycles. The average Bonchev–Trinajstić information content (AvgIpc) is 4.06. The summed E-state index contributed by atoms with van der Waals surface area (Å²) in [5.74, 6) is -5.27. The summed E-state index contributed by atoms with van der Waals surface area (Å²) in [7, 11) is 1.08. The predicted molar refractivity (Wildman–Crippen MR) is 193 cm³/mol. The standard InChI is InChI=1S/C37H30N8O15/c1-37(2,3)60-36(51)45-24(33(47)48)31-41-21(14-57-31)28-39-19(12-54-28)27-38-18(11-53-27)26(46)44-25(35(50)52-4)32-42-22(15-58-32)29-40-20(13-55-29)30-43-23(16-56-30)34(49)59-10-17-8-6-5-7-9-17/h5-9,11-16,24-25H,10H2,1-4H3,(H,44,46)(H,45,51)(H,47,48). The summed E-state index contributed by atoms with van der Waals surface area (Å²) in [5.41, 5.74) is -0.449. The van der Waals surface area contributed by atoms with Gasteiger partial charge >= 0.3 is 24.0 Å². The van der Waals surface area contributed by atoms with E-state index in [0.717, 1.165) is 44.0 Å². The molecule has 2 atom stereocenters. The number of esters is 2. The van der Waals surface area contributed by atoms with Gasteiger partial charge in [0.05, 0.1) is 7.11 Å². The van der Waals surface area contributed by atoms with Crippen LogP contribution in [0.3, 0.4) is 0 Å². The third kappa shape index (κ3) is 9.09. The molecule has 1 aromatic carbocycles. The van der Waals surface area contributed by atoms with Crippen molar-refractivity contribution in [3.05, 3.63) is 96.6 Å². The van der Waals surface area contributed by atoms with E-state index in [-0.39, 0.29) is 70.2 Å². The van der Waals surface area contributed by atoms with Crippen molar-refractivity contribution in [3.63, 3.8) is 0 Å². The van der Waals surface area contributed by atoms with Crippen LogP contribution < -0.4 is 10.6 Å². The highest BCUT2D eigenvalue weighted by Crippen LogP contribution is 2.28. The molecule has 0 fully saturated rings. The van der Waals surface area contributed by atoms with E-state index in [9.17, 15) is 29.1 Å². The van der Waals surface area contributed by atoms with Crippen molar-refractivity contribution in [3.8, 4) is 46.3 Å². The van der Waals surface area contributed by atoms with Crippen molar-refractivity contribution in [1.29, 1.82) is 0 Å². The van der Waals surface area contributed by atoms with Crippen LogP contribution in [-0.4, -0.2) is 77.6 Å². The Labute approximate surface area is 335 Å². The van der Waals surface area contributed by atoms with Gasteiger partial charge in [-0.05, 0) is 26.3 Å². The maximum atomic E-state index is 13.2. The summed E-state index contributed by atoms with van der Waals surface area (Å²) in [6.45, 7) is 4.85. The zero-order valence-electron chi connectivity index (χ0n) is 31.6. The summed E-state index contributed by atoms with van der Waals surface area (Å²) in [5, 5.41) is 14.2. The normalized spacial score (nSPS) is 12.3. The average molecular weight is 827 g/mol. The number of nitrogens with one attached hydrogen (secondary N) is 2. The van der Waals surface area contributed by atoms with E-state index in [2.05, 4.69) is 40.5 Å². The Morgan fingerprint density at radius 3 is 1.72 bits per heavy atom. The summed E-state index contributed by atoms with van der Waals surface area (Å²) in [6, 6.07) is 5.79. The molecule has 6 heterocycles. The quantitative estimate of drug-likeness (QED) is 0.0966. The second kappa shape index (κ2) is 16.6. The van der Waals surface area contributed by atoms with E-state index >= 15 is 0 Å². The number of oxazole rings is 6. The smallest absolute Gasteiger partial charge is 0.408 e. The number of methoxy groups -OCH3 is 1. The van der Waals surface area contributed by atoms with Crippen LogP contribution in [0.15, 0.2) is 94.4 Å². The number of alkyl carbamates (subject to hydrolysis) is 1. The first-order valence-corrected chi connectivity index (χ1v) is 17.3. The molecule has 2 unspecified atom stereocenters. The Bertz CT molecular complexity index is 2660. The number of nitrogens with zero attached hydrogens (tertiary/aromatic N) is 6. The SMILES string of the molecule is COC(=O)C(NC(=O)c1coc(-c2coc(-c3coc(C(NC(=O)OC(C)(C)C)C(=O)O)n3)n2)n1)c1nc(-c2nc(-c3nc(C(=O)OCc4ccccc4)co3)co2)co1. The molecular weight excluding hydrogens is 796 g/mol. The van der Waals surface area contributed by atoms with Gasteiger partial charge in [-0.25, -0.2) is 49.1 Å². The van der Waals surface area contributed by atoms with Crippen LogP contribution >= 0.6 is 0 Å². The molecule has 60 heavy (non-hydrogen) atoms. The molecule has 23 nitrogen and oxygen atoms in total. The number of aliphatic carboxylic acids is 1. The Morgan fingerprint density at radius 1 is 0.650 bits per heavy atom. The molecule has 6 aromatic heterocycles. The van der Waals surface area contributed by atoms with E-state index in [1.807, 2.05) is 18.2 Å². The predicted octanol–water partition coefficient (Wildman–Crippen LogP) is 4.93. The lowest BCUT2D eigenvalue weighted by Crippen LogP contribution is -2.38. The molecule has 7 aromatic rings. The summed E-state index contributed by atoms with van der Waals surface area (Å²) in [6.07, 6.45) is 5.55. The highest BCUT2D eigenvalue weighted by Gasteiger charge is 2.33. The van der Waals surface area contributed by atoms with Gasteiger partial charge in [0.2, 0.25) is 47.4 Å². The lowest BCUT2D eigenvalue weighted by atomic mass is 10.2. The molecule has 0 aliphatic carbocycles. The Balaban J connectivity index is 0.992. The maximum absolute atomic E-state index is 13.2. The number of hydrogen-bond acceptors (Lipinski definition) is 20. The van der Waals surface area contributed by atoms with Crippen LogP contribution in [0.5, 0.6) is 0 Å². The van der Waals surface area contributed by atoms with Gasteiger partial charge in [-0.15, -0.1) is 0 Å². The lowest BCUT2D eigenvalue weighted by molar-refractivity contribution is -0.143. The molecular formula is C37H30N8O15. The first kappa shape index (κ1) is 39.8. The molecule has 0 spiro atoms. The summed E-state index contributed by atoms with van der Waals surface area (Å²) in [4.78, 5) is 87.5. The van der Waals surface area contributed by atoms with Crippen LogP contribution in [-0.2, 0) is 30.4 Å². The highest BCUT2D eigenvalue weighted by atomic mass is 16.6. The number of carboxylic acids is 1. The van der Waals surface area contributed by atoms with Gasteiger partial charge in [-0.3, -0.25) is 10.1 Å². The fraction of sp³-hybridized carbons (Fsp3) is 0.216. The molecule has 0 radical (unpaired) electrons. The van der Waals surface area contributed by atoms with Gasteiger partial charge in [0, 0.05) is 0 Å². The number of carboxylic acid groups (broad SMARTS) is 1. The second-order valence-corrected chi connectivity index (χ2v) is 13.2. The molecule has 3 N–H and O–H groups in total. The van der Waals surface area contributed by atoms with Crippen LogP contribution in [0.1, 0.15) is 71.2 Å². The Hall–Kier alpha value is -8.37. The number of rotatable bonds is 14. The minimum Gasteiger partial charge on any atom is -0.479 e. The van der Waals surface area contributed by atoms with E-state index in [4.69, 9.17) is 40.7 Å². The number of hydrogen-bond donors (Lipinski definition) is 3. The number of aromatic nitrogens is 6. The van der Waals surface area contributed by atoms with Crippen molar-refractivity contribution >= 4 is 29.9 Å². The van der Waals surface area contributed by atoms with Crippen LogP contribution in [0.25, 0.3) is 46.3 Å². The molecule has 7 rings (SSSR count). The topological polar surface area (TPSA) is 314 Å². The van der Waals surface area contributed by atoms with Crippen molar-refractivity contribution < 1.29 is 69.8 Å². The monoisotopic (exact) mass is 826 g/mol. The molecule has 0 aliphatic heterocycles. The number of benzene rings is 1. The second-order valence-electron chi connectivity index (χ2n) is 13.2. The van der Waals surface area contributed by atoms with Gasteiger partial charge in [-0.2, -0.15) is 0 Å². The third-order valence-corrected chi connectivity index (χ3v) is 7.71. The van der Waals surface area contributed by atoms with E-state index in [0.29, 0.717) is 0 Å². The number of carbonyl (C=O) groups is 5. The van der Waals surface area contributed by atoms with Crippen LogP contribution in [0.4, 0.5) is 4.79 Å². The van der Waals surface area contributed by atoms with Crippen molar-refractivity contribution in [2.75, 3.05) is 7.11 Å². The fourth-order valence-corrected chi connectivity index (χ4v) is 4.99. The van der Waals surface area contributed by atoms with E-state index in [1.165, 1.54) is 6.26 Å². The van der Waals surface area contributed by atoms with Gasteiger partial charge in [0.1, 0.15) is 49.8 Å². The molecule has 2 amide bonds. The molecule has 0 bridgehead atoms. The van der Waals surface area contributed by atoms with E-state index in [1.54, 1.807) is 32.9 Å². The molecule has 308 valence electrons. The zero-order valence-corrected chi connectivity index (χ0v) is 31.6.